The molecule has 0 saturated heterocycles. The van der Waals surface area contributed by atoms with Crippen LogP contribution in [0.2, 0.25) is 5.02 Å². The highest BCUT2D eigenvalue weighted by molar-refractivity contribution is 8.14. The molecule has 3 N–H and O–H groups in total. The van der Waals surface area contributed by atoms with E-state index in [1.54, 1.807) is 30.3 Å². The third kappa shape index (κ3) is 4.60. The number of nitrogens with zero attached hydrogens (tertiary/aromatic N) is 1. The first-order valence-electron chi connectivity index (χ1n) is 7.23. The summed E-state index contributed by atoms with van der Waals surface area (Å²) in [7, 11) is -3.75. The predicted molar refractivity (Wildman–Crippen MR) is 101 cm³/mol. The fourth-order valence-corrected chi connectivity index (χ4v) is 3.72. The number of rotatable bonds is 4. The molecule has 0 spiro atoms. The quantitative estimate of drug-likeness (QED) is 0.830. The van der Waals surface area contributed by atoms with Gasteiger partial charge in [-0.1, -0.05) is 17.7 Å². The van der Waals surface area contributed by atoms with Crippen LogP contribution in [0.25, 0.3) is 0 Å². The molecule has 1 amide bonds. The highest BCUT2D eigenvalue weighted by Gasteiger charge is 2.19. The van der Waals surface area contributed by atoms with Crippen molar-refractivity contribution in [1.82, 2.24) is 0 Å². The number of aliphatic imine (C=N–C) groups is 1. The molecule has 25 heavy (non-hydrogen) atoms. The Labute approximate surface area is 154 Å². The smallest absolute Gasteiger partial charge is 0.238 e. The summed E-state index contributed by atoms with van der Waals surface area (Å²) in [4.78, 5) is 16.4. The summed E-state index contributed by atoms with van der Waals surface area (Å²) in [5.74, 6) is 0.0496. The number of amides is 1. The van der Waals surface area contributed by atoms with E-state index in [-0.39, 0.29) is 16.6 Å². The van der Waals surface area contributed by atoms with E-state index in [9.17, 15) is 13.2 Å². The monoisotopic (exact) mass is 395 g/mol. The fourth-order valence-electron chi connectivity index (χ4n) is 2.27. The van der Waals surface area contributed by atoms with Crippen LogP contribution in [0, 0.1) is 0 Å². The largest absolute Gasteiger partial charge is 0.325 e. The van der Waals surface area contributed by atoms with E-state index in [0.717, 1.165) is 10.6 Å². The maximum Gasteiger partial charge on any atom is 0.238 e. The van der Waals surface area contributed by atoms with E-state index in [1.165, 1.54) is 23.9 Å². The third-order valence-corrected chi connectivity index (χ3v) is 5.61. The second-order valence-corrected chi connectivity index (χ2v) is 8.41. The minimum atomic E-state index is -3.75. The predicted octanol–water partition coefficient (Wildman–Crippen LogP) is 2.95. The molecule has 130 valence electrons. The van der Waals surface area contributed by atoms with Crippen molar-refractivity contribution in [2.45, 2.75) is 11.3 Å². The van der Waals surface area contributed by atoms with E-state index in [0.29, 0.717) is 22.8 Å². The molecule has 2 aromatic carbocycles. The van der Waals surface area contributed by atoms with Gasteiger partial charge in [-0.15, -0.1) is 11.8 Å². The molecule has 0 aliphatic carbocycles. The molecular weight excluding hydrogens is 382 g/mol. The van der Waals surface area contributed by atoms with Crippen molar-refractivity contribution < 1.29 is 13.2 Å². The number of benzene rings is 2. The number of nitrogens with two attached hydrogens (primary N) is 1. The van der Waals surface area contributed by atoms with E-state index < -0.39 is 10.0 Å². The molecule has 0 fully saturated rings. The molecule has 1 aliphatic rings. The summed E-state index contributed by atoms with van der Waals surface area (Å²) < 4.78 is 22.8. The minimum absolute atomic E-state index is 0.0294. The first-order valence-corrected chi connectivity index (χ1v) is 10.1. The van der Waals surface area contributed by atoms with E-state index in [4.69, 9.17) is 16.7 Å². The lowest BCUT2D eigenvalue weighted by molar-refractivity contribution is -0.113. The number of hydrogen-bond donors (Lipinski definition) is 2. The summed E-state index contributed by atoms with van der Waals surface area (Å²) in [6, 6.07) is 11.5. The minimum Gasteiger partial charge on any atom is -0.325 e. The summed E-state index contributed by atoms with van der Waals surface area (Å²) >= 11 is 7.12. The van der Waals surface area contributed by atoms with Crippen LogP contribution < -0.4 is 10.5 Å². The van der Waals surface area contributed by atoms with Crippen molar-refractivity contribution in [3.8, 4) is 0 Å². The second-order valence-electron chi connectivity index (χ2n) is 5.36. The van der Waals surface area contributed by atoms with Crippen LogP contribution in [0.1, 0.15) is 5.56 Å². The van der Waals surface area contributed by atoms with Gasteiger partial charge in [-0.05, 0) is 42.0 Å². The standard InChI is InChI=1S/C16H14ClN3O3S2/c17-11-2-4-12(5-3-11)19-15(21)9-24-16-7-10-1-6-13(25(18,22)23)8-14(10)20-16/h1-6,8H,7,9H2,(H,19,21)(H2,18,22,23). The molecule has 0 unspecified atom stereocenters. The maximum atomic E-state index is 12.0. The number of carbonyl (C=O) groups is 1. The Morgan fingerprint density at radius 1 is 1.24 bits per heavy atom. The lowest BCUT2D eigenvalue weighted by Gasteiger charge is -2.05. The number of fused-ring (bicyclic) bond motifs is 1. The van der Waals surface area contributed by atoms with Crippen LogP contribution >= 0.6 is 23.4 Å². The van der Waals surface area contributed by atoms with Gasteiger partial charge in [0.05, 0.1) is 21.4 Å². The highest BCUT2D eigenvalue weighted by atomic mass is 35.5. The number of halogens is 1. The highest BCUT2D eigenvalue weighted by Crippen LogP contribution is 2.32. The zero-order valence-corrected chi connectivity index (χ0v) is 15.3. The number of hydrogen-bond acceptors (Lipinski definition) is 5. The zero-order valence-electron chi connectivity index (χ0n) is 12.9. The molecule has 2 aromatic rings. The molecular formula is C16H14ClN3O3S2. The van der Waals surface area contributed by atoms with Gasteiger partial charge in [-0.2, -0.15) is 0 Å². The van der Waals surface area contributed by atoms with Crippen molar-refractivity contribution in [2.24, 2.45) is 10.1 Å². The Morgan fingerprint density at radius 2 is 1.96 bits per heavy atom. The summed E-state index contributed by atoms with van der Waals surface area (Å²) in [5, 5.41) is 9.26. The lowest BCUT2D eigenvalue weighted by atomic mass is 10.2. The van der Waals surface area contributed by atoms with Crippen molar-refractivity contribution >= 4 is 55.7 Å². The number of sulfonamides is 1. The van der Waals surface area contributed by atoms with Crippen molar-refractivity contribution in [2.75, 3.05) is 11.1 Å². The molecule has 0 radical (unpaired) electrons. The Morgan fingerprint density at radius 3 is 2.64 bits per heavy atom. The SMILES string of the molecule is NS(=O)(=O)c1ccc2c(c1)N=C(SCC(=O)Nc1ccc(Cl)cc1)C2. The van der Waals surface area contributed by atoms with Gasteiger partial charge >= 0.3 is 0 Å². The summed E-state index contributed by atoms with van der Waals surface area (Å²) in [6.07, 6.45) is 0.569. The van der Waals surface area contributed by atoms with Gasteiger partial charge in [0.1, 0.15) is 0 Å². The molecule has 6 nitrogen and oxygen atoms in total. The molecule has 0 aromatic heterocycles. The normalized spacial score (nSPS) is 13.3. The summed E-state index contributed by atoms with van der Waals surface area (Å²) in [5.41, 5.74) is 2.16. The van der Waals surface area contributed by atoms with E-state index in [1.807, 2.05) is 0 Å². The van der Waals surface area contributed by atoms with Gasteiger partial charge in [0, 0.05) is 17.1 Å². The Hall–Kier alpha value is -1.87. The van der Waals surface area contributed by atoms with Gasteiger partial charge in [-0.3, -0.25) is 4.79 Å². The zero-order chi connectivity index (χ0) is 18.0. The van der Waals surface area contributed by atoms with Crippen LogP contribution in [0.15, 0.2) is 52.4 Å². The first-order chi connectivity index (χ1) is 11.8. The van der Waals surface area contributed by atoms with Crippen molar-refractivity contribution in [3.05, 3.63) is 53.1 Å². The summed E-state index contributed by atoms with van der Waals surface area (Å²) in [6.45, 7) is 0. The van der Waals surface area contributed by atoms with Crippen LogP contribution in [-0.2, 0) is 21.2 Å². The van der Waals surface area contributed by atoms with Gasteiger partial charge in [0.15, 0.2) is 0 Å². The Bertz CT molecular complexity index is 957. The number of nitrogens with one attached hydrogen (secondary N) is 1. The lowest BCUT2D eigenvalue weighted by Crippen LogP contribution is -2.15. The van der Waals surface area contributed by atoms with Gasteiger partial charge in [0.25, 0.3) is 0 Å². The molecule has 9 heteroatoms. The second kappa shape index (κ2) is 7.17. The molecule has 0 bridgehead atoms. The number of thioether (sulfide) groups is 1. The maximum absolute atomic E-state index is 12.0. The van der Waals surface area contributed by atoms with E-state index in [2.05, 4.69) is 10.3 Å². The molecule has 0 atom stereocenters. The van der Waals surface area contributed by atoms with Gasteiger partial charge in [0.2, 0.25) is 15.9 Å². The average molecular weight is 396 g/mol. The Balaban J connectivity index is 1.60. The number of anilines is 1. The third-order valence-electron chi connectivity index (χ3n) is 3.47. The van der Waals surface area contributed by atoms with Crippen LogP contribution in [0.5, 0.6) is 0 Å². The number of carbonyl (C=O) groups excluding carboxylic acids is 1. The van der Waals surface area contributed by atoms with Gasteiger partial charge < -0.3 is 5.32 Å². The molecule has 1 aliphatic heterocycles. The first kappa shape index (κ1) is 17.9. The fraction of sp³-hybridized carbons (Fsp3) is 0.125. The average Bonchev–Trinajstić information content (AvgIpc) is 2.96. The van der Waals surface area contributed by atoms with Crippen LogP contribution in [0.3, 0.4) is 0 Å². The van der Waals surface area contributed by atoms with Gasteiger partial charge in [-0.25, -0.2) is 18.5 Å². The van der Waals surface area contributed by atoms with Crippen LogP contribution in [0.4, 0.5) is 11.4 Å². The molecule has 0 saturated carbocycles. The van der Waals surface area contributed by atoms with Crippen molar-refractivity contribution in [3.63, 3.8) is 0 Å². The Kier molecular flexibility index (Phi) is 5.14. The van der Waals surface area contributed by atoms with E-state index >= 15 is 0 Å². The molecule has 3 rings (SSSR count). The van der Waals surface area contributed by atoms with Crippen molar-refractivity contribution in [1.29, 1.82) is 0 Å². The topological polar surface area (TPSA) is 102 Å². The number of primary sulfonamides is 1. The van der Waals surface area contributed by atoms with Crippen LogP contribution in [-0.4, -0.2) is 25.1 Å². The molecule has 1 heterocycles.